The van der Waals surface area contributed by atoms with Gasteiger partial charge in [-0.1, -0.05) is 12.1 Å². The molecular formula is C20H28N4O3. The van der Waals surface area contributed by atoms with Crippen LogP contribution in [0.3, 0.4) is 0 Å². The second kappa shape index (κ2) is 7.76. The highest BCUT2D eigenvalue weighted by Gasteiger charge is 2.33. The van der Waals surface area contributed by atoms with Crippen LogP contribution in [-0.2, 0) is 4.74 Å². The Morgan fingerprint density at radius 3 is 2.78 bits per heavy atom. The summed E-state index contributed by atoms with van der Waals surface area (Å²) in [5.41, 5.74) is 1.88. The molecule has 1 amide bonds. The molecule has 2 N–H and O–H groups in total. The predicted octanol–water partition coefficient (Wildman–Crippen LogP) is 2.49. The number of aromatic amines is 1. The Morgan fingerprint density at radius 2 is 2.00 bits per heavy atom. The van der Waals surface area contributed by atoms with Gasteiger partial charge in [0, 0.05) is 25.2 Å². The summed E-state index contributed by atoms with van der Waals surface area (Å²) in [6, 6.07) is 8.50. The number of ether oxygens (including phenoxy) is 1. The number of amides is 1. The van der Waals surface area contributed by atoms with Crippen molar-refractivity contribution in [1.82, 2.24) is 19.8 Å². The highest BCUT2D eigenvalue weighted by atomic mass is 16.6. The van der Waals surface area contributed by atoms with Gasteiger partial charge in [0.2, 0.25) is 0 Å². The van der Waals surface area contributed by atoms with Gasteiger partial charge >= 0.3 is 11.8 Å². The number of aromatic nitrogens is 2. The number of nitrogens with one attached hydrogen (secondary N) is 2. The van der Waals surface area contributed by atoms with E-state index in [0.29, 0.717) is 18.6 Å². The summed E-state index contributed by atoms with van der Waals surface area (Å²) in [5, 5.41) is 3.66. The third kappa shape index (κ3) is 3.60. The number of carbonyl (C=O) groups excluding carboxylic acids is 1. The molecule has 2 fully saturated rings. The Hall–Kier alpha value is -2.28. The van der Waals surface area contributed by atoms with Crippen molar-refractivity contribution in [3.8, 4) is 0 Å². The lowest BCUT2D eigenvalue weighted by Gasteiger charge is -2.40. The van der Waals surface area contributed by atoms with Crippen LogP contribution in [0.2, 0.25) is 0 Å². The summed E-state index contributed by atoms with van der Waals surface area (Å²) in [6.07, 6.45) is 3.67. The molecule has 0 saturated carbocycles. The zero-order valence-electron chi connectivity index (χ0n) is 15.8. The van der Waals surface area contributed by atoms with Crippen molar-refractivity contribution in [2.45, 2.75) is 44.7 Å². The summed E-state index contributed by atoms with van der Waals surface area (Å²) in [5.74, 6) is 0.527. The quantitative estimate of drug-likeness (QED) is 0.868. The van der Waals surface area contributed by atoms with Crippen molar-refractivity contribution in [3.63, 3.8) is 0 Å². The van der Waals surface area contributed by atoms with E-state index >= 15 is 0 Å². The van der Waals surface area contributed by atoms with Gasteiger partial charge < -0.3 is 19.9 Å². The molecule has 146 valence electrons. The molecule has 0 bridgehead atoms. The second-order valence-electron chi connectivity index (χ2n) is 7.58. The molecule has 7 heteroatoms. The largest absolute Gasteiger partial charge is 0.450 e. The molecule has 2 aromatic rings. The number of fused-ring (bicyclic) bond motifs is 1. The summed E-state index contributed by atoms with van der Waals surface area (Å²) in [4.78, 5) is 29.2. The molecule has 0 spiro atoms. The highest BCUT2D eigenvalue weighted by molar-refractivity contribution is 5.75. The molecule has 1 aromatic heterocycles. The number of imidazole rings is 1. The van der Waals surface area contributed by atoms with Crippen LogP contribution in [0.5, 0.6) is 0 Å². The van der Waals surface area contributed by atoms with E-state index in [1.165, 1.54) is 0 Å². The van der Waals surface area contributed by atoms with Gasteiger partial charge in [0.1, 0.15) is 0 Å². The van der Waals surface area contributed by atoms with Crippen molar-refractivity contribution in [1.29, 1.82) is 0 Å². The van der Waals surface area contributed by atoms with Crippen LogP contribution in [0.15, 0.2) is 29.1 Å². The van der Waals surface area contributed by atoms with Crippen LogP contribution in [0, 0.1) is 5.92 Å². The van der Waals surface area contributed by atoms with Gasteiger partial charge in [-0.15, -0.1) is 0 Å². The third-order valence-electron chi connectivity index (χ3n) is 6.03. The maximum Gasteiger partial charge on any atom is 0.409 e. The fourth-order valence-corrected chi connectivity index (χ4v) is 4.66. The van der Waals surface area contributed by atoms with Crippen molar-refractivity contribution in [3.05, 3.63) is 34.7 Å². The van der Waals surface area contributed by atoms with E-state index in [2.05, 4.69) is 10.3 Å². The molecule has 3 heterocycles. The number of benzene rings is 1. The lowest BCUT2D eigenvalue weighted by molar-refractivity contribution is 0.0829. The second-order valence-corrected chi connectivity index (χ2v) is 7.58. The minimum Gasteiger partial charge on any atom is -0.450 e. The van der Waals surface area contributed by atoms with Crippen LogP contribution < -0.4 is 11.0 Å². The van der Waals surface area contributed by atoms with Crippen molar-refractivity contribution < 1.29 is 9.53 Å². The van der Waals surface area contributed by atoms with Gasteiger partial charge in [-0.3, -0.25) is 4.57 Å². The Morgan fingerprint density at radius 1 is 1.22 bits per heavy atom. The molecule has 2 saturated heterocycles. The predicted molar refractivity (Wildman–Crippen MR) is 104 cm³/mol. The van der Waals surface area contributed by atoms with E-state index in [4.69, 9.17) is 4.74 Å². The Kier molecular flexibility index (Phi) is 5.20. The fraction of sp³-hybridized carbons (Fsp3) is 0.600. The highest BCUT2D eigenvalue weighted by Crippen LogP contribution is 2.31. The van der Waals surface area contributed by atoms with Crippen LogP contribution >= 0.6 is 0 Å². The van der Waals surface area contributed by atoms with Gasteiger partial charge in [0.15, 0.2) is 0 Å². The number of para-hydroxylation sites is 2. The number of carbonyl (C=O) groups is 1. The summed E-state index contributed by atoms with van der Waals surface area (Å²) in [6.45, 7) is 4.67. The van der Waals surface area contributed by atoms with Crippen molar-refractivity contribution >= 4 is 17.1 Å². The van der Waals surface area contributed by atoms with Gasteiger partial charge in [-0.05, 0) is 57.2 Å². The monoisotopic (exact) mass is 372 g/mol. The first-order chi connectivity index (χ1) is 13.2. The molecule has 1 aromatic carbocycles. The van der Waals surface area contributed by atoms with E-state index < -0.39 is 0 Å². The number of H-pyrrole nitrogens is 1. The lowest BCUT2D eigenvalue weighted by atomic mass is 9.83. The molecule has 7 nitrogen and oxygen atoms in total. The maximum atomic E-state index is 12.5. The topological polar surface area (TPSA) is 79.4 Å². The SMILES string of the molecule is CCOC(=O)N1CCC(C2CC(n3c(=O)[nH]c4ccccc43)CCN2)CC1. The number of hydrogen-bond acceptors (Lipinski definition) is 4. The van der Waals surface area contributed by atoms with Gasteiger partial charge in [-0.2, -0.15) is 0 Å². The third-order valence-corrected chi connectivity index (χ3v) is 6.03. The summed E-state index contributed by atoms with van der Waals surface area (Å²) < 4.78 is 7.05. The van der Waals surface area contributed by atoms with Crippen LogP contribution in [0.4, 0.5) is 4.79 Å². The molecule has 4 rings (SSSR count). The Labute approximate surface area is 158 Å². The van der Waals surface area contributed by atoms with Gasteiger partial charge in [0.25, 0.3) is 0 Å². The minimum absolute atomic E-state index is 0.0148. The summed E-state index contributed by atoms with van der Waals surface area (Å²) in [7, 11) is 0. The molecule has 0 radical (unpaired) electrons. The van der Waals surface area contributed by atoms with Crippen molar-refractivity contribution in [2.75, 3.05) is 26.2 Å². The number of piperidine rings is 2. The molecule has 2 aliphatic heterocycles. The first-order valence-corrected chi connectivity index (χ1v) is 10.0. The average molecular weight is 372 g/mol. The fourth-order valence-electron chi connectivity index (χ4n) is 4.66. The van der Waals surface area contributed by atoms with E-state index in [1.807, 2.05) is 40.7 Å². The van der Waals surface area contributed by atoms with E-state index in [-0.39, 0.29) is 17.8 Å². The van der Waals surface area contributed by atoms with Crippen molar-refractivity contribution in [2.24, 2.45) is 5.92 Å². The van der Waals surface area contributed by atoms with E-state index in [1.54, 1.807) is 0 Å². The molecule has 2 atom stereocenters. The first kappa shape index (κ1) is 18.1. The van der Waals surface area contributed by atoms with Crippen LogP contribution in [0.25, 0.3) is 11.0 Å². The molecular weight excluding hydrogens is 344 g/mol. The number of likely N-dealkylation sites (tertiary alicyclic amines) is 1. The van der Waals surface area contributed by atoms with Crippen LogP contribution in [-0.4, -0.2) is 52.8 Å². The summed E-state index contributed by atoms with van der Waals surface area (Å²) >= 11 is 0. The Bertz CT molecular complexity index is 850. The molecule has 27 heavy (non-hydrogen) atoms. The molecule has 2 aliphatic rings. The minimum atomic E-state index is -0.198. The Balaban J connectivity index is 1.44. The lowest BCUT2D eigenvalue weighted by Crippen LogP contribution is -2.49. The van der Waals surface area contributed by atoms with Crippen LogP contribution in [0.1, 0.15) is 38.6 Å². The van der Waals surface area contributed by atoms with E-state index in [9.17, 15) is 9.59 Å². The standard InChI is InChI=1S/C20H28N4O3/c1-2-27-20(26)23-11-8-14(9-12-23)17-13-15(7-10-21-17)24-18-6-4-3-5-16(18)22-19(24)25/h3-6,14-15,17,21H,2,7-13H2,1H3,(H,22,25). The zero-order chi connectivity index (χ0) is 18.8. The normalized spacial score (nSPS) is 24.3. The molecule has 0 aliphatic carbocycles. The first-order valence-electron chi connectivity index (χ1n) is 10.0. The van der Waals surface area contributed by atoms with E-state index in [0.717, 1.165) is 56.4 Å². The average Bonchev–Trinajstić information content (AvgIpc) is 3.04. The number of nitrogens with zero attached hydrogens (tertiary/aromatic N) is 2. The maximum absolute atomic E-state index is 12.5. The number of hydrogen-bond donors (Lipinski definition) is 2. The van der Waals surface area contributed by atoms with Gasteiger partial charge in [-0.25, -0.2) is 9.59 Å². The zero-order valence-corrected chi connectivity index (χ0v) is 15.8. The smallest absolute Gasteiger partial charge is 0.409 e. The van der Waals surface area contributed by atoms with Gasteiger partial charge in [0.05, 0.1) is 17.6 Å². The molecule has 2 unspecified atom stereocenters. The number of rotatable bonds is 3.